The van der Waals surface area contributed by atoms with Crippen molar-refractivity contribution in [2.75, 3.05) is 17.7 Å². The predicted molar refractivity (Wildman–Crippen MR) is 115 cm³/mol. The number of anilines is 4. The molecule has 1 heterocycles. The Morgan fingerprint density at radius 3 is 2.31 bits per heavy atom. The lowest BCUT2D eigenvalue weighted by molar-refractivity contribution is 0.0953. The fourth-order valence-electron chi connectivity index (χ4n) is 3.39. The lowest BCUT2D eigenvalue weighted by Crippen LogP contribution is -2.22. The summed E-state index contributed by atoms with van der Waals surface area (Å²) in [6.07, 6.45) is 1.23. The molecule has 0 radical (unpaired) electrons. The van der Waals surface area contributed by atoms with E-state index in [9.17, 15) is 4.79 Å². The Labute approximate surface area is 174 Å². The van der Waals surface area contributed by atoms with Crippen LogP contribution in [0, 0.1) is 5.92 Å². The van der Waals surface area contributed by atoms with Gasteiger partial charge in [-0.05, 0) is 60.9 Å². The van der Waals surface area contributed by atoms with Gasteiger partial charge in [0.25, 0.3) is 0 Å². The molecule has 2 N–H and O–H groups in total. The van der Waals surface area contributed by atoms with E-state index < -0.39 is 0 Å². The molecule has 1 aliphatic rings. The van der Waals surface area contributed by atoms with Gasteiger partial charge in [-0.3, -0.25) is 4.79 Å². The van der Waals surface area contributed by atoms with Crippen LogP contribution >= 0.6 is 11.6 Å². The second kappa shape index (κ2) is 8.09. The standard InChI is InChI=1S/C22H21ClN4O2/c1-13-11-18-20(19(28)12-13)21(24-15-5-3-14(23)4-6-15)27-22(26-18)25-16-7-9-17(29-2)10-8-16/h3-10,13H,11-12H2,1-2H3,(H2,24,25,26,27). The Morgan fingerprint density at radius 2 is 1.62 bits per heavy atom. The summed E-state index contributed by atoms with van der Waals surface area (Å²) >= 11 is 5.98. The number of hydrogen-bond donors (Lipinski definition) is 2. The quantitative estimate of drug-likeness (QED) is 0.589. The smallest absolute Gasteiger partial charge is 0.229 e. The van der Waals surface area contributed by atoms with Crippen LogP contribution < -0.4 is 15.4 Å². The maximum Gasteiger partial charge on any atom is 0.229 e. The molecule has 4 rings (SSSR count). The number of rotatable bonds is 5. The number of nitrogens with zero attached hydrogens (tertiary/aromatic N) is 2. The molecule has 0 amide bonds. The highest BCUT2D eigenvalue weighted by Gasteiger charge is 2.28. The van der Waals surface area contributed by atoms with Crippen LogP contribution in [-0.4, -0.2) is 22.9 Å². The van der Waals surface area contributed by atoms with E-state index in [-0.39, 0.29) is 11.7 Å². The number of ether oxygens (including phenoxy) is 1. The monoisotopic (exact) mass is 408 g/mol. The van der Waals surface area contributed by atoms with Gasteiger partial charge in [-0.15, -0.1) is 0 Å². The molecular weight excluding hydrogens is 388 g/mol. The molecule has 3 aromatic rings. The summed E-state index contributed by atoms with van der Waals surface area (Å²) < 4.78 is 5.20. The molecule has 0 aliphatic heterocycles. The summed E-state index contributed by atoms with van der Waals surface area (Å²) in [5.74, 6) is 2.03. The number of methoxy groups -OCH3 is 1. The maximum atomic E-state index is 12.7. The highest BCUT2D eigenvalue weighted by molar-refractivity contribution is 6.30. The van der Waals surface area contributed by atoms with E-state index >= 15 is 0 Å². The third-order valence-electron chi connectivity index (χ3n) is 4.79. The van der Waals surface area contributed by atoms with Crippen LogP contribution in [0.3, 0.4) is 0 Å². The van der Waals surface area contributed by atoms with Crippen molar-refractivity contribution in [3.8, 4) is 5.75 Å². The van der Waals surface area contributed by atoms with E-state index in [2.05, 4.69) is 27.5 Å². The first-order chi connectivity index (χ1) is 14.0. The SMILES string of the molecule is COc1ccc(Nc2nc3c(c(Nc4ccc(Cl)cc4)n2)C(=O)CC(C)C3)cc1. The van der Waals surface area contributed by atoms with Crippen LogP contribution in [-0.2, 0) is 6.42 Å². The molecule has 1 aliphatic carbocycles. The summed E-state index contributed by atoms with van der Waals surface area (Å²) in [5.41, 5.74) is 2.96. The predicted octanol–water partition coefficient (Wildman–Crippen LogP) is 5.39. The van der Waals surface area contributed by atoms with Crippen molar-refractivity contribution in [1.82, 2.24) is 9.97 Å². The molecule has 0 bridgehead atoms. The van der Waals surface area contributed by atoms with E-state index in [0.29, 0.717) is 28.8 Å². The van der Waals surface area contributed by atoms with Crippen molar-refractivity contribution in [3.05, 3.63) is 64.8 Å². The first-order valence-electron chi connectivity index (χ1n) is 9.39. The lowest BCUT2D eigenvalue weighted by atomic mass is 9.87. The van der Waals surface area contributed by atoms with Crippen molar-refractivity contribution in [1.29, 1.82) is 0 Å². The van der Waals surface area contributed by atoms with Crippen LogP contribution in [0.15, 0.2) is 48.5 Å². The van der Waals surface area contributed by atoms with Crippen LogP contribution in [0.25, 0.3) is 0 Å². The minimum atomic E-state index is 0.0613. The molecule has 2 aromatic carbocycles. The molecular formula is C22H21ClN4O2. The maximum absolute atomic E-state index is 12.7. The number of fused-ring (bicyclic) bond motifs is 1. The molecule has 1 atom stereocenters. The van der Waals surface area contributed by atoms with Crippen LogP contribution in [0.1, 0.15) is 29.4 Å². The van der Waals surface area contributed by atoms with Crippen molar-refractivity contribution in [2.24, 2.45) is 5.92 Å². The summed E-state index contributed by atoms with van der Waals surface area (Å²) in [6, 6.07) is 14.8. The first-order valence-corrected chi connectivity index (χ1v) is 9.77. The summed E-state index contributed by atoms with van der Waals surface area (Å²) in [4.78, 5) is 22.0. The lowest BCUT2D eigenvalue weighted by Gasteiger charge is -2.23. The Kier molecular flexibility index (Phi) is 5.36. The van der Waals surface area contributed by atoms with Crippen molar-refractivity contribution >= 4 is 40.5 Å². The molecule has 1 aromatic heterocycles. The zero-order valence-corrected chi connectivity index (χ0v) is 17.0. The number of halogens is 1. The second-order valence-corrected chi connectivity index (χ2v) is 7.58. The van der Waals surface area contributed by atoms with Crippen LogP contribution in [0.4, 0.5) is 23.1 Å². The van der Waals surface area contributed by atoms with Crippen molar-refractivity contribution in [3.63, 3.8) is 0 Å². The average molecular weight is 409 g/mol. The highest BCUT2D eigenvalue weighted by Crippen LogP contribution is 2.32. The molecule has 1 unspecified atom stereocenters. The number of Topliss-reactive ketones (excluding diaryl/α,β-unsaturated/α-hetero) is 1. The number of aromatic nitrogens is 2. The molecule has 6 nitrogen and oxygen atoms in total. The molecule has 0 spiro atoms. The molecule has 148 valence electrons. The largest absolute Gasteiger partial charge is 0.497 e. The van der Waals surface area contributed by atoms with Gasteiger partial charge in [0.05, 0.1) is 18.4 Å². The number of hydrogen-bond acceptors (Lipinski definition) is 6. The van der Waals surface area contributed by atoms with Gasteiger partial charge < -0.3 is 15.4 Å². The van der Waals surface area contributed by atoms with Gasteiger partial charge in [-0.1, -0.05) is 18.5 Å². The highest BCUT2D eigenvalue weighted by atomic mass is 35.5. The summed E-state index contributed by atoms with van der Waals surface area (Å²) in [7, 11) is 1.63. The molecule has 0 saturated heterocycles. The van der Waals surface area contributed by atoms with Gasteiger partial charge in [0.2, 0.25) is 5.95 Å². The number of ketones is 1. The first kappa shape index (κ1) is 19.2. The second-order valence-electron chi connectivity index (χ2n) is 7.14. The summed E-state index contributed by atoms with van der Waals surface area (Å²) in [6.45, 7) is 2.06. The van der Waals surface area contributed by atoms with E-state index in [1.165, 1.54) is 0 Å². The van der Waals surface area contributed by atoms with Gasteiger partial charge in [-0.25, -0.2) is 4.98 Å². The van der Waals surface area contributed by atoms with Gasteiger partial charge in [-0.2, -0.15) is 4.98 Å². The fourth-order valence-corrected chi connectivity index (χ4v) is 3.51. The van der Waals surface area contributed by atoms with E-state index in [1.54, 1.807) is 19.2 Å². The normalized spacial score (nSPS) is 15.6. The van der Waals surface area contributed by atoms with E-state index in [0.717, 1.165) is 29.2 Å². The number of benzene rings is 2. The van der Waals surface area contributed by atoms with Gasteiger partial charge in [0.1, 0.15) is 11.6 Å². The van der Waals surface area contributed by atoms with Gasteiger partial charge >= 0.3 is 0 Å². The zero-order valence-electron chi connectivity index (χ0n) is 16.2. The average Bonchev–Trinajstić information content (AvgIpc) is 2.69. The molecule has 29 heavy (non-hydrogen) atoms. The number of carbonyl (C=O) groups excluding carboxylic acids is 1. The van der Waals surface area contributed by atoms with Gasteiger partial charge in [0.15, 0.2) is 5.78 Å². The minimum absolute atomic E-state index is 0.0613. The van der Waals surface area contributed by atoms with Crippen molar-refractivity contribution in [2.45, 2.75) is 19.8 Å². The Balaban J connectivity index is 1.71. The zero-order chi connectivity index (χ0) is 20.4. The van der Waals surface area contributed by atoms with E-state index in [4.69, 9.17) is 16.3 Å². The molecule has 7 heteroatoms. The summed E-state index contributed by atoms with van der Waals surface area (Å²) in [5, 5.41) is 7.12. The minimum Gasteiger partial charge on any atom is -0.497 e. The Morgan fingerprint density at radius 1 is 0.966 bits per heavy atom. The fraction of sp³-hybridized carbons (Fsp3) is 0.227. The van der Waals surface area contributed by atoms with Crippen molar-refractivity contribution < 1.29 is 9.53 Å². The van der Waals surface area contributed by atoms with Crippen LogP contribution in [0.2, 0.25) is 5.02 Å². The topological polar surface area (TPSA) is 76.1 Å². The van der Waals surface area contributed by atoms with Gasteiger partial charge in [0, 0.05) is 22.8 Å². The molecule has 0 saturated carbocycles. The van der Waals surface area contributed by atoms with Crippen LogP contribution in [0.5, 0.6) is 5.75 Å². The third kappa shape index (κ3) is 4.32. The Bertz CT molecular complexity index is 1040. The Hall–Kier alpha value is -3.12. The third-order valence-corrected chi connectivity index (χ3v) is 5.04. The number of carbonyl (C=O) groups is 1. The number of nitrogens with one attached hydrogen (secondary N) is 2. The van der Waals surface area contributed by atoms with E-state index in [1.807, 2.05) is 36.4 Å². The molecule has 0 fully saturated rings.